The minimum atomic E-state index is -0.766. The van der Waals surface area contributed by atoms with Gasteiger partial charge < -0.3 is 16.4 Å². The van der Waals surface area contributed by atoms with E-state index < -0.39 is 27.8 Å². The third kappa shape index (κ3) is 7.09. The van der Waals surface area contributed by atoms with Crippen molar-refractivity contribution in [3.05, 3.63) is 0 Å². The first-order valence-corrected chi connectivity index (χ1v) is 10.9. The summed E-state index contributed by atoms with van der Waals surface area (Å²) in [6.07, 6.45) is 2.99. The number of rotatable bonds is 12. The van der Waals surface area contributed by atoms with Crippen molar-refractivity contribution in [3.8, 4) is 0 Å². The molecule has 0 heterocycles. The van der Waals surface area contributed by atoms with E-state index in [9.17, 15) is 14.4 Å². The Labute approximate surface area is 178 Å². The Bertz CT molecular complexity index is 600. The van der Waals surface area contributed by atoms with Crippen LogP contribution in [0.25, 0.3) is 0 Å². The van der Waals surface area contributed by atoms with Gasteiger partial charge in [0.2, 0.25) is 11.8 Å². The van der Waals surface area contributed by atoms with Crippen LogP contribution < -0.4 is 16.4 Å². The molecule has 6 nitrogen and oxygen atoms in total. The van der Waals surface area contributed by atoms with Crippen LogP contribution in [0.5, 0.6) is 0 Å². The van der Waals surface area contributed by atoms with Crippen molar-refractivity contribution in [1.29, 1.82) is 0 Å². The topological polar surface area (TPSA) is 101 Å². The normalized spacial score (nSPS) is 19.3. The first-order chi connectivity index (χ1) is 13.0. The lowest BCUT2D eigenvalue weighted by atomic mass is 9.68. The highest BCUT2D eigenvalue weighted by Crippen LogP contribution is 2.40. The molecule has 4 atom stereocenters. The van der Waals surface area contributed by atoms with Crippen molar-refractivity contribution < 1.29 is 14.4 Å². The van der Waals surface area contributed by atoms with Crippen molar-refractivity contribution >= 4 is 17.6 Å². The van der Waals surface area contributed by atoms with Gasteiger partial charge in [-0.15, -0.1) is 0 Å². The van der Waals surface area contributed by atoms with E-state index in [0.29, 0.717) is 25.7 Å². The number of carbonyl (C=O) groups is 3. The number of nitrogens with one attached hydrogen (secondary N) is 2. The second kappa shape index (κ2) is 10.1. The average molecular weight is 412 g/mol. The Morgan fingerprint density at radius 1 is 0.828 bits per heavy atom. The minimum absolute atomic E-state index is 0.0715. The predicted molar refractivity (Wildman–Crippen MR) is 119 cm³/mol. The molecule has 0 spiro atoms. The largest absolute Gasteiger partial charge is 0.359 e. The molecule has 0 saturated heterocycles. The van der Waals surface area contributed by atoms with Crippen molar-refractivity contribution in [1.82, 2.24) is 10.6 Å². The summed E-state index contributed by atoms with van der Waals surface area (Å²) >= 11 is 0. The third-order valence-corrected chi connectivity index (χ3v) is 6.79. The molecule has 0 aliphatic heterocycles. The molecule has 0 rings (SSSR count). The number of Topliss-reactive ketones (excluding diaryl/α,β-unsaturated/α-hetero) is 1. The van der Waals surface area contributed by atoms with E-state index in [4.69, 9.17) is 5.73 Å². The maximum atomic E-state index is 13.4. The lowest BCUT2D eigenvalue weighted by Crippen LogP contribution is -2.56. The summed E-state index contributed by atoms with van der Waals surface area (Å²) in [6, 6.07) is -0.636. The number of hydrogen-bond donors (Lipinski definition) is 3. The van der Waals surface area contributed by atoms with Crippen LogP contribution in [0.1, 0.15) is 94.4 Å². The standard InChI is InChI=1S/C23H45N3O3/c1-11-21(7,18(28)25-10)15-22(8,12-2)19(29)26-17(16(4)27)20(5,6)14-23(9,24)13-3/h17H,11-15,24H2,1-10H3,(H,25,28)(H,26,29). The molecular weight excluding hydrogens is 366 g/mol. The van der Waals surface area contributed by atoms with Gasteiger partial charge in [0.25, 0.3) is 0 Å². The number of amides is 2. The fraction of sp³-hybridized carbons (Fsp3) is 0.870. The van der Waals surface area contributed by atoms with Gasteiger partial charge in [-0.25, -0.2) is 0 Å². The molecule has 0 bridgehead atoms. The molecule has 0 aromatic carbocycles. The summed E-state index contributed by atoms with van der Waals surface area (Å²) in [5, 5.41) is 5.74. The van der Waals surface area contributed by atoms with E-state index in [1.54, 1.807) is 7.05 Å². The van der Waals surface area contributed by atoms with Crippen molar-refractivity contribution in [2.24, 2.45) is 22.0 Å². The second-order valence-electron chi connectivity index (χ2n) is 10.3. The Hall–Kier alpha value is -1.43. The molecule has 6 heteroatoms. The van der Waals surface area contributed by atoms with Crippen molar-refractivity contribution in [3.63, 3.8) is 0 Å². The summed E-state index contributed by atoms with van der Waals surface area (Å²) < 4.78 is 0. The second-order valence-corrected chi connectivity index (χ2v) is 10.3. The van der Waals surface area contributed by atoms with E-state index in [2.05, 4.69) is 10.6 Å². The molecule has 0 aliphatic carbocycles. The molecule has 4 unspecified atom stereocenters. The van der Waals surface area contributed by atoms with Crippen LogP contribution in [0.15, 0.2) is 0 Å². The van der Waals surface area contributed by atoms with Gasteiger partial charge in [-0.3, -0.25) is 14.4 Å². The van der Waals surface area contributed by atoms with Crippen LogP contribution in [-0.2, 0) is 14.4 Å². The SMILES string of the molecule is CCC(C)(N)CC(C)(C)C(NC(=O)C(C)(CC)CC(C)(CC)C(=O)NC)C(C)=O. The maximum absolute atomic E-state index is 13.4. The van der Waals surface area contributed by atoms with Gasteiger partial charge in [-0.2, -0.15) is 0 Å². The van der Waals surface area contributed by atoms with E-state index in [1.165, 1.54) is 6.92 Å². The van der Waals surface area contributed by atoms with Crippen LogP contribution >= 0.6 is 0 Å². The molecule has 0 fully saturated rings. The average Bonchev–Trinajstić information content (AvgIpc) is 2.63. The molecule has 0 saturated carbocycles. The molecule has 2 amide bonds. The Kier molecular flexibility index (Phi) is 9.56. The highest BCUT2D eigenvalue weighted by molar-refractivity contribution is 5.91. The Balaban J connectivity index is 5.78. The molecule has 170 valence electrons. The first-order valence-electron chi connectivity index (χ1n) is 10.9. The smallest absolute Gasteiger partial charge is 0.226 e. The van der Waals surface area contributed by atoms with Gasteiger partial charge in [0.05, 0.1) is 6.04 Å². The predicted octanol–water partition coefficient (Wildman–Crippen LogP) is 3.57. The van der Waals surface area contributed by atoms with Crippen LogP contribution in [0.3, 0.4) is 0 Å². The molecule has 0 aliphatic rings. The Morgan fingerprint density at radius 2 is 1.28 bits per heavy atom. The van der Waals surface area contributed by atoms with E-state index in [-0.39, 0.29) is 17.6 Å². The molecule has 29 heavy (non-hydrogen) atoms. The summed E-state index contributed by atoms with van der Waals surface area (Å²) in [7, 11) is 1.62. The van der Waals surface area contributed by atoms with E-state index in [1.807, 2.05) is 55.4 Å². The lowest BCUT2D eigenvalue weighted by molar-refractivity contribution is -0.140. The monoisotopic (exact) mass is 411 g/mol. The number of carbonyl (C=O) groups excluding carboxylic acids is 3. The van der Waals surface area contributed by atoms with Crippen molar-refractivity contribution in [2.45, 2.75) is 106 Å². The molecule has 4 N–H and O–H groups in total. The van der Waals surface area contributed by atoms with Gasteiger partial charge >= 0.3 is 0 Å². The zero-order valence-electron chi connectivity index (χ0n) is 20.4. The zero-order valence-corrected chi connectivity index (χ0v) is 20.4. The number of hydrogen-bond acceptors (Lipinski definition) is 4. The van der Waals surface area contributed by atoms with Crippen LogP contribution in [-0.4, -0.2) is 36.2 Å². The molecule has 0 aromatic heterocycles. The van der Waals surface area contributed by atoms with Crippen LogP contribution in [0.4, 0.5) is 0 Å². The van der Waals surface area contributed by atoms with Gasteiger partial charge in [0, 0.05) is 23.4 Å². The zero-order chi connectivity index (χ0) is 23.3. The van der Waals surface area contributed by atoms with E-state index in [0.717, 1.165) is 6.42 Å². The fourth-order valence-electron chi connectivity index (χ4n) is 4.32. The van der Waals surface area contributed by atoms with Gasteiger partial charge in [0.15, 0.2) is 5.78 Å². The minimum Gasteiger partial charge on any atom is -0.359 e. The number of nitrogens with two attached hydrogens (primary N) is 1. The van der Waals surface area contributed by atoms with Crippen molar-refractivity contribution in [2.75, 3.05) is 7.05 Å². The lowest BCUT2D eigenvalue weighted by Gasteiger charge is -2.42. The summed E-state index contributed by atoms with van der Waals surface area (Å²) in [6.45, 7) is 17.1. The highest BCUT2D eigenvalue weighted by Gasteiger charge is 2.45. The highest BCUT2D eigenvalue weighted by atomic mass is 16.2. The Morgan fingerprint density at radius 3 is 1.62 bits per heavy atom. The molecule has 0 radical (unpaired) electrons. The van der Waals surface area contributed by atoms with Crippen LogP contribution in [0.2, 0.25) is 0 Å². The summed E-state index contributed by atoms with van der Waals surface area (Å²) in [5.41, 5.74) is 4.03. The number of ketones is 1. The summed E-state index contributed by atoms with van der Waals surface area (Å²) in [5.74, 6) is -0.344. The maximum Gasteiger partial charge on any atom is 0.226 e. The molecule has 0 aromatic rings. The van der Waals surface area contributed by atoms with Gasteiger partial charge in [-0.1, -0.05) is 48.5 Å². The fourth-order valence-corrected chi connectivity index (χ4v) is 4.32. The first kappa shape index (κ1) is 27.6. The quantitative estimate of drug-likeness (QED) is 0.457. The van der Waals surface area contributed by atoms with E-state index >= 15 is 0 Å². The van der Waals surface area contributed by atoms with Crippen LogP contribution in [0, 0.1) is 16.2 Å². The summed E-state index contributed by atoms with van der Waals surface area (Å²) in [4.78, 5) is 38.3. The molecular formula is C23H45N3O3. The van der Waals surface area contributed by atoms with Gasteiger partial charge in [-0.05, 0) is 51.4 Å². The third-order valence-electron chi connectivity index (χ3n) is 6.79. The van der Waals surface area contributed by atoms with Gasteiger partial charge in [0.1, 0.15) is 0 Å².